The van der Waals surface area contributed by atoms with Gasteiger partial charge < -0.3 is 9.47 Å². The maximum atomic E-state index is 11.0. The van der Waals surface area contributed by atoms with Gasteiger partial charge in [0.25, 0.3) is 5.69 Å². The van der Waals surface area contributed by atoms with Crippen LogP contribution in [-0.2, 0) is 6.54 Å². The molecule has 0 radical (unpaired) electrons. The summed E-state index contributed by atoms with van der Waals surface area (Å²) in [7, 11) is 3.26. The highest BCUT2D eigenvalue weighted by molar-refractivity contribution is 5.44. The van der Waals surface area contributed by atoms with Gasteiger partial charge >= 0.3 is 0 Å². The number of benzene rings is 2. The lowest BCUT2D eigenvalue weighted by Crippen LogP contribution is -2.22. The van der Waals surface area contributed by atoms with Crippen molar-refractivity contribution in [1.82, 2.24) is 4.90 Å². The van der Waals surface area contributed by atoms with E-state index < -0.39 is 0 Å². The Morgan fingerprint density at radius 2 is 1.96 bits per heavy atom. The second kappa shape index (κ2) is 7.53. The average Bonchev–Trinajstić information content (AvgIpc) is 3.09. The minimum Gasteiger partial charge on any atom is -0.493 e. The van der Waals surface area contributed by atoms with E-state index in [0.717, 1.165) is 36.4 Å². The van der Waals surface area contributed by atoms with Gasteiger partial charge in [-0.05, 0) is 42.6 Å². The standard InChI is InChI=1S/C19H22N2O4/c1-24-18-9-8-15(12-19(18)25-2)17-7-4-10-20(17)13-14-5-3-6-16(11-14)21(22)23/h3,5-6,8-9,11-12,17H,4,7,10,13H2,1-2H3. The summed E-state index contributed by atoms with van der Waals surface area (Å²) in [5.41, 5.74) is 2.28. The van der Waals surface area contributed by atoms with Gasteiger partial charge in [0.05, 0.1) is 19.1 Å². The SMILES string of the molecule is COc1ccc(C2CCCN2Cc2cccc([N+](=O)[O-])c2)cc1OC. The lowest BCUT2D eigenvalue weighted by Gasteiger charge is -2.25. The van der Waals surface area contributed by atoms with Crippen LogP contribution in [0.1, 0.15) is 30.0 Å². The summed E-state index contributed by atoms with van der Waals surface area (Å²) in [6, 6.07) is 13.2. The van der Waals surface area contributed by atoms with Crippen molar-refractivity contribution >= 4 is 5.69 Å². The first-order valence-corrected chi connectivity index (χ1v) is 8.31. The molecule has 132 valence electrons. The van der Waals surface area contributed by atoms with Crippen molar-refractivity contribution in [1.29, 1.82) is 0 Å². The Hall–Kier alpha value is -2.60. The van der Waals surface area contributed by atoms with Crippen molar-refractivity contribution in [2.45, 2.75) is 25.4 Å². The molecule has 0 bridgehead atoms. The predicted molar refractivity (Wildman–Crippen MR) is 95.0 cm³/mol. The van der Waals surface area contributed by atoms with E-state index in [-0.39, 0.29) is 16.7 Å². The van der Waals surface area contributed by atoms with Crippen molar-refractivity contribution in [3.8, 4) is 11.5 Å². The maximum absolute atomic E-state index is 11.0. The molecule has 1 unspecified atom stereocenters. The smallest absolute Gasteiger partial charge is 0.269 e. The summed E-state index contributed by atoms with van der Waals surface area (Å²) in [5.74, 6) is 1.44. The van der Waals surface area contributed by atoms with Gasteiger partial charge in [-0.25, -0.2) is 0 Å². The van der Waals surface area contributed by atoms with E-state index >= 15 is 0 Å². The van der Waals surface area contributed by atoms with E-state index in [4.69, 9.17) is 9.47 Å². The molecule has 0 aromatic heterocycles. The Labute approximate surface area is 147 Å². The van der Waals surface area contributed by atoms with E-state index in [1.165, 1.54) is 11.6 Å². The fraction of sp³-hybridized carbons (Fsp3) is 0.368. The third kappa shape index (κ3) is 3.74. The highest BCUT2D eigenvalue weighted by atomic mass is 16.6. The largest absolute Gasteiger partial charge is 0.493 e. The molecule has 1 heterocycles. The molecule has 2 aromatic rings. The Bertz CT molecular complexity index is 763. The van der Waals surface area contributed by atoms with E-state index in [1.807, 2.05) is 18.2 Å². The Morgan fingerprint density at radius 3 is 2.68 bits per heavy atom. The Balaban J connectivity index is 1.81. The summed E-state index contributed by atoms with van der Waals surface area (Å²) in [6.45, 7) is 1.67. The third-order valence-corrected chi connectivity index (χ3v) is 4.66. The quantitative estimate of drug-likeness (QED) is 0.587. The molecule has 1 aliphatic heterocycles. The molecule has 0 saturated carbocycles. The van der Waals surface area contributed by atoms with Gasteiger partial charge in [0, 0.05) is 24.7 Å². The number of nitro groups is 1. The number of rotatable bonds is 6. The lowest BCUT2D eigenvalue weighted by molar-refractivity contribution is -0.384. The third-order valence-electron chi connectivity index (χ3n) is 4.66. The van der Waals surface area contributed by atoms with Crippen molar-refractivity contribution in [2.24, 2.45) is 0 Å². The number of hydrogen-bond donors (Lipinski definition) is 0. The molecule has 1 fully saturated rings. The summed E-state index contributed by atoms with van der Waals surface area (Å²) in [6.07, 6.45) is 2.17. The number of methoxy groups -OCH3 is 2. The lowest BCUT2D eigenvalue weighted by atomic mass is 10.0. The van der Waals surface area contributed by atoms with Gasteiger partial charge in [-0.1, -0.05) is 18.2 Å². The predicted octanol–water partition coefficient (Wildman–Crippen LogP) is 3.95. The molecule has 0 spiro atoms. The molecular weight excluding hydrogens is 320 g/mol. The molecule has 0 aliphatic carbocycles. The van der Waals surface area contributed by atoms with Crippen LogP contribution in [0.4, 0.5) is 5.69 Å². The molecule has 2 aromatic carbocycles. The van der Waals surface area contributed by atoms with Crippen LogP contribution in [0.3, 0.4) is 0 Å². The van der Waals surface area contributed by atoms with Gasteiger partial charge in [-0.15, -0.1) is 0 Å². The monoisotopic (exact) mass is 342 g/mol. The van der Waals surface area contributed by atoms with Crippen molar-refractivity contribution < 1.29 is 14.4 Å². The zero-order valence-corrected chi connectivity index (χ0v) is 14.5. The zero-order valence-electron chi connectivity index (χ0n) is 14.5. The minimum absolute atomic E-state index is 0.138. The molecule has 0 N–H and O–H groups in total. The second-order valence-corrected chi connectivity index (χ2v) is 6.17. The summed E-state index contributed by atoms with van der Waals surface area (Å²) in [4.78, 5) is 13.0. The van der Waals surface area contributed by atoms with Gasteiger partial charge in [-0.3, -0.25) is 15.0 Å². The average molecular weight is 342 g/mol. The van der Waals surface area contributed by atoms with Gasteiger partial charge in [0.2, 0.25) is 0 Å². The highest BCUT2D eigenvalue weighted by Gasteiger charge is 2.27. The molecule has 3 rings (SSSR count). The van der Waals surface area contributed by atoms with Gasteiger partial charge in [0.15, 0.2) is 11.5 Å². The number of likely N-dealkylation sites (tertiary alicyclic amines) is 1. The molecule has 6 nitrogen and oxygen atoms in total. The normalized spacial score (nSPS) is 17.4. The minimum atomic E-state index is -0.348. The number of non-ortho nitro benzene ring substituents is 1. The summed E-state index contributed by atoms with van der Waals surface area (Å²) >= 11 is 0. The van der Waals surface area contributed by atoms with Crippen LogP contribution in [0.5, 0.6) is 11.5 Å². The summed E-state index contributed by atoms with van der Waals surface area (Å²) in [5, 5.41) is 11.0. The number of hydrogen-bond acceptors (Lipinski definition) is 5. The topological polar surface area (TPSA) is 64.8 Å². The fourth-order valence-electron chi connectivity index (χ4n) is 3.46. The Kier molecular flexibility index (Phi) is 5.19. The first kappa shape index (κ1) is 17.2. The van der Waals surface area contributed by atoms with Crippen molar-refractivity contribution in [2.75, 3.05) is 20.8 Å². The van der Waals surface area contributed by atoms with E-state index in [9.17, 15) is 10.1 Å². The maximum Gasteiger partial charge on any atom is 0.269 e. The molecule has 1 saturated heterocycles. The van der Waals surface area contributed by atoms with E-state index in [1.54, 1.807) is 26.4 Å². The highest BCUT2D eigenvalue weighted by Crippen LogP contribution is 2.37. The van der Waals surface area contributed by atoms with E-state index in [0.29, 0.717) is 6.54 Å². The van der Waals surface area contributed by atoms with Crippen molar-refractivity contribution in [3.63, 3.8) is 0 Å². The zero-order chi connectivity index (χ0) is 17.8. The van der Waals surface area contributed by atoms with Gasteiger partial charge in [0.1, 0.15) is 0 Å². The number of nitrogens with zero attached hydrogens (tertiary/aromatic N) is 2. The first-order valence-electron chi connectivity index (χ1n) is 8.31. The van der Waals surface area contributed by atoms with Crippen LogP contribution in [-0.4, -0.2) is 30.6 Å². The van der Waals surface area contributed by atoms with Crippen LogP contribution < -0.4 is 9.47 Å². The fourth-order valence-corrected chi connectivity index (χ4v) is 3.46. The number of ether oxygens (including phenoxy) is 2. The van der Waals surface area contributed by atoms with Gasteiger partial charge in [-0.2, -0.15) is 0 Å². The first-order chi connectivity index (χ1) is 12.1. The molecule has 6 heteroatoms. The summed E-state index contributed by atoms with van der Waals surface area (Å²) < 4.78 is 10.7. The van der Waals surface area contributed by atoms with Crippen LogP contribution in [0.2, 0.25) is 0 Å². The van der Waals surface area contributed by atoms with Crippen LogP contribution in [0, 0.1) is 10.1 Å². The van der Waals surface area contributed by atoms with Crippen molar-refractivity contribution in [3.05, 3.63) is 63.7 Å². The van der Waals surface area contributed by atoms with E-state index in [2.05, 4.69) is 11.0 Å². The van der Waals surface area contributed by atoms with Crippen LogP contribution in [0.15, 0.2) is 42.5 Å². The van der Waals surface area contributed by atoms with Crippen LogP contribution >= 0.6 is 0 Å². The molecular formula is C19H22N2O4. The number of nitro benzene ring substituents is 1. The second-order valence-electron chi connectivity index (χ2n) is 6.17. The molecule has 1 atom stereocenters. The Morgan fingerprint density at radius 1 is 1.16 bits per heavy atom. The molecule has 25 heavy (non-hydrogen) atoms. The van der Waals surface area contributed by atoms with Crippen LogP contribution in [0.25, 0.3) is 0 Å². The molecule has 1 aliphatic rings. The molecule has 0 amide bonds.